The van der Waals surface area contributed by atoms with E-state index in [1.807, 2.05) is 13.0 Å². The van der Waals surface area contributed by atoms with E-state index < -0.39 is 15.7 Å². The molecule has 0 aliphatic rings. The highest BCUT2D eigenvalue weighted by Crippen LogP contribution is 2.21. The summed E-state index contributed by atoms with van der Waals surface area (Å²) in [6.45, 7) is 3.59. The number of rotatable bonds is 6. The minimum absolute atomic E-state index is 0.0142. The van der Waals surface area contributed by atoms with Crippen LogP contribution >= 0.6 is 0 Å². The zero-order valence-electron chi connectivity index (χ0n) is 14.4. The second-order valence-electron chi connectivity index (χ2n) is 5.99. The molecule has 136 valence electrons. The summed E-state index contributed by atoms with van der Waals surface area (Å²) in [6.07, 6.45) is 1.31. The third-order valence-electron chi connectivity index (χ3n) is 3.94. The first-order chi connectivity index (χ1) is 12.4. The molecule has 1 N–H and O–H groups in total. The topological polar surface area (TPSA) is 89.5 Å². The van der Waals surface area contributed by atoms with Crippen molar-refractivity contribution in [3.05, 3.63) is 77.6 Å². The monoisotopic (exact) mass is 373 g/mol. The smallest absolute Gasteiger partial charge is 0.287 e. The summed E-state index contributed by atoms with van der Waals surface area (Å²) in [5.74, 6) is 0.536. The number of hydrogen-bond donors (Lipinski definition) is 1. The fraction of sp³-hybridized carbons (Fsp3) is 0.211. The molecule has 2 aromatic heterocycles. The molecule has 0 bridgehead atoms. The maximum absolute atomic E-state index is 12.5. The number of aryl methyl sites for hydroxylation is 1. The summed E-state index contributed by atoms with van der Waals surface area (Å²) in [4.78, 5) is 12.7. The second-order valence-corrected chi connectivity index (χ2v) is 7.98. The van der Waals surface area contributed by atoms with Crippen molar-refractivity contribution in [1.82, 2.24) is 5.32 Å². The van der Waals surface area contributed by atoms with Gasteiger partial charge in [-0.15, -0.1) is 0 Å². The van der Waals surface area contributed by atoms with Crippen LogP contribution in [0.25, 0.3) is 0 Å². The SMILES string of the molecule is Cc1ccc(C(C)NC(=O)c2occc2CS(=O)(=O)c2ccccc2)o1. The fourth-order valence-electron chi connectivity index (χ4n) is 2.58. The molecule has 26 heavy (non-hydrogen) atoms. The van der Waals surface area contributed by atoms with Crippen molar-refractivity contribution in [2.45, 2.75) is 30.5 Å². The molecule has 0 saturated heterocycles. The van der Waals surface area contributed by atoms with Crippen LogP contribution in [0.4, 0.5) is 0 Å². The highest BCUT2D eigenvalue weighted by molar-refractivity contribution is 7.90. The lowest BCUT2D eigenvalue weighted by molar-refractivity contribution is 0.0906. The second kappa shape index (κ2) is 7.21. The first-order valence-corrected chi connectivity index (χ1v) is 9.73. The predicted octanol–water partition coefficient (Wildman–Crippen LogP) is 3.65. The van der Waals surface area contributed by atoms with Gasteiger partial charge in [-0.25, -0.2) is 8.42 Å². The zero-order chi connectivity index (χ0) is 18.7. The van der Waals surface area contributed by atoms with Crippen molar-refractivity contribution >= 4 is 15.7 Å². The normalized spacial score (nSPS) is 12.7. The lowest BCUT2D eigenvalue weighted by atomic mass is 10.2. The molecule has 0 aliphatic heterocycles. The molecule has 1 unspecified atom stereocenters. The molecule has 7 heteroatoms. The standard InChI is InChI=1S/C19H19NO5S/c1-13-8-9-17(25-13)14(2)20-19(21)18-15(10-11-24-18)12-26(22,23)16-6-4-3-5-7-16/h3-11,14H,12H2,1-2H3,(H,20,21). The summed E-state index contributed by atoms with van der Waals surface area (Å²) in [5.41, 5.74) is 0.314. The number of benzene rings is 1. The van der Waals surface area contributed by atoms with Crippen LogP contribution in [0.2, 0.25) is 0 Å². The van der Waals surface area contributed by atoms with Crippen molar-refractivity contribution in [1.29, 1.82) is 0 Å². The maximum Gasteiger partial charge on any atom is 0.287 e. The summed E-state index contributed by atoms with van der Waals surface area (Å²) in [5, 5.41) is 2.76. The zero-order valence-corrected chi connectivity index (χ0v) is 15.2. The molecule has 0 aliphatic carbocycles. The number of nitrogens with one attached hydrogen (secondary N) is 1. The van der Waals surface area contributed by atoms with Gasteiger partial charge in [0.05, 0.1) is 23.0 Å². The Bertz CT molecular complexity index is 1000. The van der Waals surface area contributed by atoms with Gasteiger partial charge in [-0.2, -0.15) is 0 Å². The summed E-state index contributed by atoms with van der Waals surface area (Å²) in [6, 6.07) is 12.8. The third kappa shape index (κ3) is 3.88. The predicted molar refractivity (Wildman–Crippen MR) is 95.4 cm³/mol. The van der Waals surface area contributed by atoms with E-state index in [9.17, 15) is 13.2 Å². The first kappa shape index (κ1) is 18.0. The van der Waals surface area contributed by atoms with Gasteiger partial charge in [0, 0.05) is 5.56 Å². The van der Waals surface area contributed by atoms with Gasteiger partial charge in [0.2, 0.25) is 0 Å². The number of amides is 1. The molecule has 1 amide bonds. The average Bonchev–Trinajstić information content (AvgIpc) is 3.24. The first-order valence-electron chi connectivity index (χ1n) is 8.08. The van der Waals surface area contributed by atoms with Gasteiger partial charge < -0.3 is 14.2 Å². The minimum atomic E-state index is -3.58. The van der Waals surface area contributed by atoms with E-state index in [4.69, 9.17) is 8.83 Å². The van der Waals surface area contributed by atoms with E-state index in [-0.39, 0.29) is 22.5 Å². The number of sulfone groups is 1. The average molecular weight is 373 g/mol. The van der Waals surface area contributed by atoms with Crippen LogP contribution in [-0.2, 0) is 15.6 Å². The molecule has 6 nitrogen and oxygen atoms in total. The Morgan fingerprint density at radius 2 is 1.85 bits per heavy atom. The third-order valence-corrected chi connectivity index (χ3v) is 5.62. The summed E-state index contributed by atoms with van der Waals surface area (Å²) < 4.78 is 35.8. The molecule has 3 rings (SSSR count). The molecule has 1 aromatic carbocycles. The van der Waals surface area contributed by atoms with Crippen LogP contribution in [0.3, 0.4) is 0 Å². The Morgan fingerprint density at radius 1 is 1.12 bits per heavy atom. The quantitative estimate of drug-likeness (QED) is 0.712. The largest absolute Gasteiger partial charge is 0.464 e. The van der Waals surface area contributed by atoms with Crippen LogP contribution in [-0.4, -0.2) is 14.3 Å². The van der Waals surface area contributed by atoms with Gasteiger partial charge in [-0.1, -0.05) is 18.2 Å². The van der Waals surface area contributed by atoms with Gasteiger partial charge in [0.15, 0.2) is 15.6 Å². The molecule has 2 heterocycles. The lowest BCUT2D eigenvalue weighted by Gasteiger charge is -2.11. The highest BCUT2D eigenvalue weighted by atomic mass is 32.2. The van der Waals surface area contributed by atoms with Crippen molar-refractivity contribution in [3.8, 4) is 0 Å². The Labute approximate surface area is 151 Å². The Balaban J connectivity index is 1.77. The fourth-order valence-corrected chi connectivity index (χ4v) is 3.96. The number of carbonyl (C=O) groups excluding carboxylic acids is 1. The van der Waals surface area contributed by atoms with Gasteiger partial charge in [-0.05, 0) is 44.2 Å². The van der Waals surface area contributed by atoms with Gasteiger partial charge in [-0.3, -0.25) is 4.79 Å². The summed E-state index contributed by atoms with van der Waals surface area (Å²) in [7, 11) is -3.58. The van der Waals surface area contributed by atoms with Crippen molar-refractivity contribution in [2.24, 2.45) is 0 Å². The van der Waals surface area contributed by atoms with Crippen LogP contribution in [0, 0.1) is 6.92 Å². The van der Waals surface area contributed by atoms with Crippen LogP contribution in [0.1, 0.15) is 40.6 Å². The molecule has 3 aromatic rings. The molecule has 1 atom stereocenters. The molecule has 0 radical (unpaired) electrons. The minimum Gasteiger partial charge on any atom is -0.464 e. The number of hydrogen-bond acceptors (Lipinski definition) is 5. The van der Waals surface area contributed by atoms with Crippen molar-refractivity contribution in [2.75, 3.05) is 0 Å². The van der Waals surface area contributed by atoms with Crippen molar-refractivity contribution < 1.29 is 22.0 Å². The van der Waals surface area contributed by atoms with E-state index in [1.165, 1.54) is 24.5 Å². The molecule has 0 fully saturated rings. The Kier molecular flexibility index (Phi) is 4.99. The van der Waals surface area contributed by atoms with Crippen molar-refractivity contribution in [3.63, 3.8) is 0 Å². The van der Waals surface area contributed by atoms with Crippen LogP contribution in [0.5, 0.6) is 0 Å². The van der Waals surface area contributed by atoms with Gasteiger partial charge in [0.25, 0.3) is 5.91 Å². The van der Waals surface area contributed by atoms with E-state index in [1.54, 1.807) is 31.2 Å². The number of furan rings is 2. The van der Waals surface area contributed by atoms with E-state index in [0.717, 1.165) is 5.76 Å². The lowest BCUT2D eigenvalue weighted by Crippen LogP contribution is -2.27. The molecular formula is C19H19NO5S. The summed E-state index contributed by atoms with van der Waals surface area (Å²) >= 11 is 0. The van der Waals surface area contributed by atoms with E-state index >= 15 is 0 Å². The van der Waals surface area contributed by atoms with Crippen LogP contribution < -0.4 is 5.32 Å². The van der Waals surface area contributed by atoms with E-state index in [2.05, 4.69) is 5.32 Å². The van der Waals surface area contributed by atoms with Gasteiger partial charge in [0.1, 0.15) is 11.5 Å². The van der Waals surface area contributed by atoms with Gasteiger partial charge >= 0.3 is 0 Å². The number of carbonyl (C=O) groups is 1. The van der Waals surface area contributed by atoms with Crippen LogP contribution in [0.15, 0.2) is 68.5 Å². The maximum atomic E-state index is 12.5. The van der Waals surface area contributed by atoms with E-state index in [0.29, 0.717) is 11.3 Å². The highest BCUT2D eigenvalue weighted by Gasteiger charge is 2.24. The molecule has 0 spiro atoms. The Hall–Kier alpha value is -2.80. The molecular weight excluding hydrogens is 354 g/mol. The Morgan fingerprint density at radius 3 is 2.50 bits per heavy atom. The molecule has 0 saturated carbocycles.